The maximum Gasteiger partial charge on any atom is 0.123 e. The molecule has 0 aliphatic carbocycles. The van der Waals surface area contributed by atoms with Gasteiger partial charge in [0.2, 0.25) is 0 Å². The fourth-order valence-electron chi connectivity index (χ4n) is 1.83. The summed E-state index contributed by atoms with van der Waals surface area (Å²) in [7, 11) is 0. The van der Waals surface area contributed by atoms with E-state index >= 15 is 0 Å². The van der Waals surface area contributed by atoms with Crippen molar-refractivity contribution in [2.24, 2.45) is 0 Å². The van der Waals surface area contributed by atoms with Crippen molar-refractivity contribution in [3.63, 3.8) is 0 Å². The first-order valence-electron chi connectivity index (χ1n) is 6.01. The Balaban J connectivity index is 2.92. The Hall–Kier alpha value is -1.40. The van der Waals surface area contributed by atoms with Crippen molar-refractivity contribution in [2.75, 3.05) is 6.54 Å². The zero-order chi connectivity index (χ0) is 12.8. The third-order valence-electron chi connectivity index (χ3n) is 2.80. The van der Waals surface area contributed by atoms with Crippen LogP contribution in [0.15, 0.2) is 18.2 Å². The Morgan fingerprint density at radius 3 is 2.65 bits per heavy atom. The Morgan fingerprint density at radius 1 is 1.41 bits per heavy atom. The van der Waals surface area contributed by atoms with Crippen molar-refractivity contribution in [1.29, 1.82) is 5.26 Å². The molecule has 1 rings (SSSR count). The third-order valence-corrected chi connectivity index (χ3v) is 2.80. The molecule has 0 bridgehead atoms. The van der Waals surface area contributed by atoms with Gasteiger partial charge in [0.05, 0.1) is 11.6 Å². The van der Waals surface area contributed by atoms with Gasteiger partial charge in [0, 0.05) is 12.6 Å². The number of halogens is 1. The zero-order valence-electron chi connectivity index (χ0n) is 10.7. The number of benzene rings is 1. The summed E-state index contributed by atoms with van der Waals surface area (Å²) in [6, 6.07) is 6.86. The number of hydrogen-bond acceptors (Lipinski definition) is 2. The van der Waals surface area contributed by atoms with Gasteiger partial charge in [0.1, 0.15) is 5.82 Å². The first kappa shape index (κ1) is 13.7. The second-order valence-corrected chi connectivity index (χ2v) is 4.48. The Bertz CT molecular complexity index is 407. The molecule has 0 aromatic heterocycles. The molecular formula is C14H19FN2. The van der Waals surface area contributed by atoms with Crippen LogP contribution < -0.4 is 0 Å². The van der Waals surface area contributed by atoms with Crippen LogP contribution in [-0.2, 0) is 6.54 Å². The van der Waals surface area contributed by atoms with E-state index in [1.54, 1.807) is 6.07 Å². The van der Waals surface area contributed by atoms with Crippen molar-refractivity contribution < 1.29 is 4.39 Å². The molecule has 0 heterocycles. The van der Waals surface area contributed by atoms with Gasteiger partial charge in [-0.15, -0.1) is 0 Å². The summed E-state index contributed by atoms with van der Waals surface area (Å²) < 4.78 is 13.2. The lowest BCUT2D eigenvalue weighted by molar-refractivity contribution is 0.213. The van der Waals surface area contributed by atoms with Crippen LogP contribution in [0.4, 0.5) is 4.39 Å². The maximum atomic E-state index is 13.2. The molecule has 92 valence electrons. The lowest BCUT2D eigenvalue weighted by atomic mass is 10.1. The predicted octanol–water partition coefficient (Wildman–Crippen LogP) is 3.32. The van der Waals surface area contributed by atoms with Crippen LogP contribution >= 0.6 is 0 Å². The van der Waals surface area contributed by atoms with E-state index in [1.807, 2.05) is 0 Å². The molecule has 0 N–H and O–H groups in total. The minimum Gasteiger partial charge on any atom is -0.297 e. The fraction of sp³-hybridized carbons (Fsp3) is 0.500. The highest BCUT2D eigenvalue weighted by molar-refractivity contribution is 5.37. The van der Waals surface area contributed by atoms with Gasteiger partial charge in [-0.05, 0) is 50.6 Å². The van der Waals surface area contributed by atoms with Gasteiger partial charge in [-0.25, -0.2) is 4.39 Å². The molecule has 0 fully saturated rings. The predicted molar refractivity (Wildman–Crippen MR) is 67.0 cm³/mol. The molecule has 0 aliphatic heterocycles. The van der Waals surface area contributed by atoms with Gasteiger partial charge in [-0.3, -0.25) is 4.90 Å². The summed E-state index contributed by atoms with van der Waals surface area (Å²) in [5.41, 5.74) is 1.34. The molecule has 0 unspecified atom stereocenters. The Morgan fingerprint density at radius 2 is 2.12 bits per heavy atom. The van der Waals surface area contributed by atoms with E-state index < -0.39 is 0 Å². The largest absolute Gasteiger partial charge is 0.297 e. The Labute approximate surface area is 103 Å². The summed E-state index contributed by atoms with van der Waals surface area (Å²) in [6.07, 6.45) is 1.05. The molecule has 1 aromatic rings. The lowest BCUT2D eigenvalue weighted by Crippen LogP contribution is -2.31. The number of nitriles is 1. The van der Waals surface area contributed by atoms with Gasteiger partial charge in [-0.1, -0.05) is 6.92 Å². The van der Waals surface area contributed by atoms with Crippen molar-refractivity contribution in [2.45, 2.75) is 39.8 Å². The van der Waals surface area contributed by atoms with E-state index in [0.717, 1.165) is 18.5 Å². The smallest absolute Gasteiger partial charge is 0.123 e. The van der Waals surface area contributed by atoms with Crippen molar-refractivity contribution in [1.82, 2.24) is 4.90 Å². The number of rotatable bonds is 5. The van der Waals surface area contributed by atoms with E-state index in [0.29, 0.717) is 18.2 Å². The topological polar surface area (TPSA) is 27.0 Å². The normalized spacial score (nSPS) is 10.9. The third kappa shape index (κ3) is 3.83. The number of nitrogens with zero attached hydrogens (tertiary/aromatic N) is 2. The number of hydrogen-bond donors (Lipinski definition) is 0. The summed E-state index contributed by atoms with van der Waals surface area (Å²) in [5.74, 6) is -0.279. The second kappa shape index (κ2) is 6.36. The monoisotopic (exact) mass is 234 g/mol. The van der Waals surface area contributed by atoms with E-state index in [9.17, 15) is 4.39 Å². The highest BCUT2D eigenvalue weighted by Crippen LogP contribution is 2.15. The van der Waals surface area contributed by atoms with Gasteiger partial charge in [0.25, 0.3) is 0 Å². The van der Waals surface area contributed by atoms with Crippen LogP contribution in [-0.4, -0.2) is 17.5 Å². The van der Waals surface area contributed by atoms with Gasteiger partial charge < -0.3 is 0 Å². The van der Waals surface area contributed by atoms with Crippen LogP contribution in [0.3, 0.4) is 0 Å². The molecule has 0 saturated carbocycles. The maximum absolute atomic E-state index is 13.2. The molecule has 0 spiro atoms. The van der Waals surface area contributed by atoms with E-state index in [2.05, 4.69) is 31.7 Å². The van der Waals surface area contributed by atoms with Gasteiger partial charge in [-0.2, -0.15) is 5.26 Å². The minimum atomic E-state index is -0.279. The molecule has 0 atom stereocenters. The Kier molecular flexibility index (Phi) is 5.11. The van der Waals surface area contributed by atoms with Crippen LogP contribution in [0.5, 0.6) is 0 Å². The van der Waals surface area contributed by atoms with E-state index in [-0.39, 0.29) is 5.82 Å². The molecule has 3 heteroatoms. The van der Waals surface area contributed by atoms with E-state index in [1.165, 1.54) is 12.1 Å². The average molecular weight is 234 g/mol. The van der Waals surface area contributed by atoms with Crippen molar-refractivity contribution >= 4 is 0 Å². The van der Waals surface area contributed by atoms with Crippen molar-refractivity contribution in [3.05, 3.63) is 35.1 Å². The highest BCUT2D eigenvalue weighted by atomic mass is 19.1. The highest BCUT2D eigenvalue weighted by Gasteiger charge is 2.12. The van der Waals surface area contributed by atoms with Crippen LogP contribution in [0, 0.1) is 17.1 Å². The molecule has 17 heavy (non-hydrogen) atoms. The van der Waals surface area contributed by atoms with Crippen LogP contribution in [0.25, 0.3) is 0 Å². The average Bonchev–Trinajstić information content (AvgIpc) is 2.28. The van der Waals surface area contributed by atoms with Crippen LogP contribution in [0.2, 0.25) is 0 Å². The minimum absolute atomic E-state index is 0.279. The molecular weight excluding hydrogens is 215 g/mol. The van der Waals surface area contributed by atoms with Crippen LogP contribution in [0.1, 0.15) is 38.3 Å². The molecule has 0 amide bonds. The molecule has 2 nitrogen and oxygen atoms in total. The summed E-state index contributed by atoms with van der Waals surface area (Å²) in [5, 5.41) is 9.00. The first-order valence-corrected chi connectivity index (χ1v) is 6.01. The first-order chi connectivity index (χ1) is 8.08. The SMILES string of the molecule is CCCN(Cc1cc(F)ccc1C#N)C(C)C. The van der Waals surface area contributed by atoms with Crippen molar-refractivity contribution in [3.8, 4) is 6.07 Å². The van der Waals surface area contributed by atoms with Gasteiger partial charge >= 0.3 is 0 Å². The zero-order valence-corrected chi connectivity index (χ0v) is 10.7. The molecule has 0 aliphatic rings. The summed E-state index contributed by atoms with van der Waals surface area (Å²) in [4.78, 5) is 2.25. The van der Waals surface area contributed by atoms with E-state index in [4.69, 9.17) is 5.26 Å². The lowest BCUT2D eigenvalue weighted by Gasteiger charge is -2.26. The fourth-order valence-corrected chi connectivity index (χ4v) is 1.83. The molecule has 1 aromatic carbocycles. The summed E-state index contributed by atoms with van der Waals surface area (Å²) >= 11 is 0. The second-order valence-electron chi connectivity index (χ2n) is 4.48. The summed E-state index contributed by atoms with van der Waals surface area (Å²) in [6.45, 7) is 7.93. The van der Waals surface area contributed by atoms with Gasteiger partial charge in [0.15, 0.2) is 0 Å². The standard InChI is InChI=1S/C14H19FN2/c1-4-7-17(11(2)3)10-13-8-14(15)6-5-12(13)9-16/h5-6,8,11H,4,7,10H2,1-3H3. The quantitative estimate of drug-likeness (QED) is 0.781. The molecule has 0 saturated heterocycles. The molecule has 0 radical (unpaired) electrons.